The number of hydrogen-bond donors (Lipinski definition) is 1. The van der Waals surface area contributed by atoms with Crippen molar-refractivity contribution in [1.82, 2.24) is 9.97 Å². The lowest BCUT2D eigenvalue weighted by molar-refractivity contribution is 0.352. The maximum atomic E-state index is 5.83. The van der Waals surface area contributed by atoms with Crippen LogP contribution in [0, 0.1) is 0 Å². The zero-order chi connectivity index (χ0) is 17.6. The molecule has 0 saturated carbocycles. The van der Waals surface area contributed by atoms with Crippen LogP contribution < -0.4 is 20.1 Å². The first-order chi connectivity index (χ1) is 12.3. The molecule has 6 nitrogen and oxygen atoms in total. The molecule has 0 aliphatic carbocycles. The van der Waals surface area contributed by atoms with E-state index >= 15 is 0 Å². The van der Waals surface area contributed by atoms with Crippen molar-refractivity contribution < 1.29 is 9.47 Å². The van der Waals surface area contributed by atoms with Crippen molar-refractivity contribution >= 4 is 17.2 Å². The van der Waals surface area contributed by atoms with Crippen molar-refractivity contribution in [2.75, 3.05) is 19.1 Å². The number of ether oxygens (including phenoxy) is 2. The van der Waals surface area contributed by atoms with Crippen molar-refractivity contribution in [1.29, 1.82) is 0 Å². The minimum Gasteiger partial charge on any atom is -0.492 e. The number of benzene rings is 2. The van der Waals surface area contributed by atoms with Gasteiger partial charge in [-0.2, -0.15) is 0 Å². The van der Waals surface area contributed by atoms with Gasteiger partial charge in [-0.15, -0.1) is 0 Å². The Labute approximate surface area is 146 Å². The molecule has 0 fully saturated rings. The van der Waals surface area contributed by atoms with Gasteiger partial charge in [0.2, 0.25) is 0 Å². The normalized spacial score (nSPS) is 10.4. The molecule has 0 aliphatic heterocycles. The number of hydrogen-bond acceptors (Lipinski definition) is 6. The Morgan fingerprint density at radius 2 is 1.72 bits per heavy atom. The Bertz CT molecular complexity index is 786. The number of aromatic nitrogens is 2. The SMILES string of the molecule is COc1c(CN)ccc(N(c2ccccc2)c2ccncn2)c1OC. The first-order valence-corrected chi connectivity index (χ1v) is 7.85. The second-order valence-corrected chi connectivity index (χ2v) is 5.25. The fourth-order valence-electron chi connectivity index (χ4n) is 2.74. The van der Waals surface area contributed by atoms with Gasteiger partial charge in [-0.25, -0.2) is 9.97 Å². The molecule has 0 amide bonds. The van der Waals surface area contributed by atoms with Crippen LogP contribution in [0.1, 0.15) is 5.56 Å². The highest BCUT2D eigenvalue weighted by Crippen LogP contribution is 2.45. The highest BCUT2D eigenvalue weighted by molar-refractivity contribution is 5.80. The number of anilines is 3. The molecule has 6 heteroatoms. The summed E-state index contributed by atoms with van der Waals surface area (Å²) in [6, 6.07) is 15.7. The molecule has 0 saturated heterocycles. The number of rotatable bonds is 6. The Hall–Kier alpha value is -3.12. The van der Waals surface area contributed by atoms with E-state index in [9.17, 15) is 0 Å². The van der Waals surface area contributed by atoms with Gasteiger partial charge < -0.3 is 15.2 Å². The van der Waals surface area contributed by atoms with Crippen LogP contribution in [0.25, 0.3) is 0 Å². The van der Waals surface area contributed by atoms with E-state index in [1.165, 1.54) is 6.33 Å². The van der Waals surface area contributed by atoms with E-state index in [1.807, 2.05) is 53.4 Å². The van der Waals surface area contributed by atoms with Gasteiger partial charge >= 0.3 is 0 Å². The molecule has 2 N–H and O–H groups in total. The molecule has 0 spiro atoms. The molecule has 0 unspecified atom stereocenters. The maximum Gasteiger partial charge on any atom is 0.185 e. The average molecular weight is 336 g/mol. The van der Waals surface area contributed by atoms with Gasteiger partial charge in [0.25, 0.3) is 0 Å². The Morgan fingerprint density at radius 3 is 2.32 bits per heavy atom. The summed E-state index contributed by atoms with van der Waals surface area (Å²) in [6.45, 7) is 0.360. The second kappa shape index (κ2) is 7.63. The smallest absolute Gasteiger partial charge is 0.185 e. The molecule has 0 aliphatic rings. The van der Waals surface area contributed by atoms with Gasteiger partial charge in [-0.1, -0.05) is 24.3 Å². The summed E-state index contributed by atoms with van der Waals surface area (Å²) in [4.78, 5) is 10.4. The minimum absolute atomic E-state index is 0.360. The highest BCUT2D eigenvalue weighted by Gasteiger charge is 2.22. The summed E-state index contributed by atoms with van der Waals surface area (Å²) in [6.07, 6.45) is 3.22. The van der Waals surface area contributed by atoms with Crippen LogP contribution in [0.4, 0.5) is 17.2 Å². The van der Waals surface area contributed by atoms with E-state index in [1.54, 1.807) is 20.4 Å². The minimum atomic E-state index is 0.360. The third-order valence-electron chi connectivity index (χ3n) is 3.85. The van der Waals surface area contributed by atoms with Crippen LogP contribution >= 0.6 is 0 Å². The molecule has 128 valence electrons. The van der Waals surface area contributed by atoms with Crippen molar-refractivity contribution in [2.24, 2.45) is 5.73 Å². The zero-order valence-corrected chi connectivity index (χ0v) is 14.2. The van der Waals surface area contributed by atoms with Crippen LogP contribution in [0.15, 0.2) is 61.1 Å². The van der Waals surface area contributed by atoms with E-state index in [0.717, 1.165) is 22.8 Å². The molecular weight excluding hydrogens is 316 g/mol. The van der Waals surface area contributed by atoms with Gasteiger partial charge in [0, 0.05) is 24.0 Å². The van der Waals surface area contributed by atoms with Crippen LogP contribution in [-0.2, 0) is 6.54 Å². The second-order valence-electron chi connectivity index (χ2n) is 5.25. The Morgan fingerprint density at radius 1 is 0.960 bits per heavy atom. The van der Waals surface area contributed by atoms with Gasteiger partial charge in [-0.3, -0.25) is 4.90 Å². The Kier molecular flexibility index (Phi) is 5.11. The number of para-hydroxylation sites is 1. The summed E-state index contributed by atoms with van der Waals surface area (Å²) in [7, 11) is 3.23. The molecule has 2 aromatic carbocycles. The number of nitrogens with two attached hydrogens (primary N) is 1. The van der Waals surface area contributed by atoms with Crippen molar-refractivity contribution in [3.8, 4) is 11.5 Å². The predicted octanol–water partition coefficient (Wildman–Crippen LogP) is 3.42. The predicted molar refractivity (Wildman–Crippen MR) is 97.7 cm³/mol. The first kappa shape index (κ1) is 16.7. The van der Waals surface area contributed by atoms with E-state index in [4.69, 9.17) is 15.2 Å². The van der Waals surface area contributed by atoms with E-state index in [-0.39, 0.29) is 0 Å². The molecule has 3 rings (SSSR count). The van der Waals surface area contributed by atoms with Crippen molar-refractivity contribution in [3.05, 3.63) is 66.6 Å². The maximum absolute atomic E-state index is 5.83. The number of nitrogens with zero attached hydrogens (tertiary/aromatic N) is 3. The summed E-state index contributed by atoms with van der Waals surface area (Å²) in [5, 5.41) is 0. The third kappa shape index (κ3) is 3.25. The lowest BCUT2D eigenvalue weighted by Crippen LogP contribution is -2.14. The summed E-state index contributed by atoms with van der Waals surface area (Å²) in [5.74, 6) is 1.95. The van der Waals surface area contributed by atoms with Gasteiger partial charge in [0.1, 0.15) is 12.1 Å². The molecule has 0 radical (unpaired) electrons. The van der Waals surface area contributed by atoms with E-state index in [2.05, 4.69) is 9.97 Å². The summed E-state index contributed by atoms with van der Waals surface area (Å²) < 4.78 is 11.2. The van der Waals surface area contributed by atoms with Gasteiger partial charge in [0.15, 0.2) is 11.5 Å². The fraction of sp³-hybridized carbons (Fsp3) is 0.158. The lowest BCUT2D eigenvalue weighted by Gasteiger charge is -2.27. The molecule has 3 aromatic rings. The van der Waals surface area contributed by atoms with Crippen LogP contribution in [-0.4, -0.2) is 24.2 Å². The largest absolute Gasteiger partial charge is 0.492 e. The van der Waals surface area contributed by atoms with Crippen LogP contribution in [0.2, 0.25) is 0 Å². The highest BCUT2D eigenvalue weighted by atomic mass is 16.5. The first-order valence-electron chi connectivity index (χ1n) is 7.85. The van der Waals surface area contributed by atoms with Crippen molar-refractivity contribution in [3.63, 3.8) is 0 Å². The number of methoxy groups -OCH3 is 2. The average Bonchev–Trinajstić information content (AvgIpc) is 2.69. The molecular formula is C19H20N4O2. The Balaban J connectivity index is 2.24. The topological polar surface area (TPSA) is 73.5 Å². The monoisotopic (exact) mass is 336 g/mol. The van der Waals surface area contributed by atoms with Crippen LogP contribution in [0.3, 0.4) is 0 Å². The summed E-state index contributed by atoms with van der Waals surface area (Å²) >= 11 is 0. The molecule has 1 aromatic heterocycles. The summed E-state index contributed by atoms with van der Waals surface area (Å²) in [5.41, 5.74) is 8.46. The van der Waals surface area contributed by atoms with Gasteiger partial charge in [0.05, 0.1) is 19.9 Å². The molecule has 0 bridgehead atoms. The molecule has 25 heavy (non-hydrogen) atoms. The standard InChI is InChI=1S/C19H20N4O2/c1-24-18-14(12-20)8-9-16(19(18)25-2)23(15-6-4-3-5-7-15)17-10-11-21-13-22-17/h3-11,13H,12,20H2,1-2H3. The molecule has 0 atom stereocenters. The van der Waals surface area contributed by atoms with E-state index in [0.29, 0.717) is 18.0 Å². The van der Waals surface area contributed by atoms with E-state index < -0.39 is 0 Å². The zero-order valence-electron chi connectivity index (χ0n) is 14.2. The van der Waals surface area contributed by atoms with Gasteiger partial charge in [-0.05, 0) is 24.3 Å². The quantitative estimate of drug-likeness (QED) is 0.743. The third-order valence-corrected chi connectivity index (χ3v) is 3.85. The lowest BCUT2D eigenvalue weighted by atomic mass is 10.1. The van der Waals surface area contributed by atoms with Crippen LogP contribution in [0.5, 0.6) is 11.5 Å². The fourth-order valence-corrected chi connectivity index (χ4v) is 2.74. The van der Waals surface area contributed by atoms with Crippen molar-refractivity contribution in [2.45, 2.75) is 6.54 Å². The molecule has 1 heterocycles.